The molecular weight excluding hydrogens is 797 g/mol. The lowest BCUT2D eigenvalue weighted by atomic mass is 9.90. The number of nitrogens with one attached hydrogen (secondary N) is 3. The molecule has 7 heterocycles. The third-order valence-electron chi connectivity index (χ3n) is 12.5. The van der Waals surface area contributed by atoms with Gasteiger partial charge in [-0.1, -0.05) is 36.4 Å². The van der Waals surface area contributed by atoms with E-state index >= 15 is 0 Å². The van der Waals surface area contributed by atoms with E-state index in [1.807, 2.05) is 47.6 Å². The first kappa shape index (κ1) is 39.9. The summed E-state index contributed by atoms with van der Waals surface area (Å²) in [6.07, 6.45) is 7.89. The van der Waals surface area contributed by atoms with Crippen molar-refractivity contribution in [1.82, 2.24) is 40.0 Å². The number of fused-ring (bicyclic) bond motifs is 2. The Morgan fingerprint density at radius 2 is 1.59 bits per heavy atom. The van der Waals surface area contributed by atoms with Gasteiger partial charge in [-0.3, -0.25) is 24.6 Å². The monoisotopic (exact) mass is 844 g/mol. The molecule has 3 aromatic heterocycles. The predicted molar refractivity (Wildman–Crippen MR) is 240 cm³/mol. The molecule has 63 heavy (non-hydrogen) atoms. The molecule has 10 rings (SSSR count). The van der Waals surface area contributed by atoms with Crippen LogP contribution >= 0.6 is 0 Å². The van der Waals surface area contributed by atoms with Crippen molar-refractivity contribution >= 4 is 57.6 Å². The number of aromatic nitrogens is 5. The zero-order valence-corrected chi connectivity index (χ0v) is 35.1. The zero-order valence-electron chi connectivity index (χ0n) is 35.1. The molecule has 0 radical (unpaired) electrons. The molecule has 0 spiro atoms. The third kappa shape index (κ3) is 8.53. The Morgan fingerprint density at radius 3 is 2.35 bits per heavy atom. The summed E-state index contributed by atoms with van der Waals surface area (Å²) in [7, 11) is 0. The number of hydrogen-bond acceptors (Lipinski definition) is 14. The number of ether oxygens (including phenoxy) is 1. The van der Waals surface area contributed by atoms with Crippen molar-refractivity contribution in [2.45, 2.75) is 32.2 Å². The maximum atomic E-state index is 13.4. The van der Waals surface area contributed by atoms with Crippen molar-refractivity contribution in [1.29, 1.82) is 0 Å². The van der Waals surface area contributed by atoms with Crippen LogP contribution < -0.4 is 30.5 Å². The number of carbonyl (C=O) groups is 3. The average Bonchev–Trinajstić information content (AvgIpc) is 3.32. The zero-order chi connectivity index (χ0) is 42.9. The van der Waals surface area contributed by atoms with Crippen LogP contribution in [0.15, 0.2) is 91.5 Å². The number of piperidine rings is 1. The number of pyridine rings is 1. The largest absolute Gasteiger partial charge is 0.474 e. The Kier molecular flexibility index (Phi) is 10.9. The number of imide groups is 1. The van der Waals surface area contributed by atoms with Crippen LogP contribution in [0.3, 0.4) is 0 Å². The van der Waals surface area contributed by atoms with Gasteiger partial charge in [-0.15, -0.1) is 0 Å². The van der Waals surface area contributed by atoms with Gasteiger partial charge in [-0.2, -0.15) is 0 Å². The smallest absolute Gasteiger partial charge is 0.257 e. The van der Waals surface area contributed by atoms with Gasteiger partial charge in [0.25, 0.3) is 5.91 Å². The van der Waals surface area contributed by atoms with Gasteiger partial charge in [-0.25, -0.2) is 24.9 Å². The van der Waals surface area contributed by atoms with Gasteiger partial charge < -0.3 is 30.1 Å². The molecule has 4 aliphatic heterocycles. The lowest BCUT2D eigenvalue weighted by molar-refractivity contribution is -0.134. The number of rotatable bonds is 9. The highest BCUT2D eigenvalue weighted by molar-refractivity contribution is 6.01. The molecule has 3 aromatic carbocycles. The van der Waals surface area contributed by atoms with E-state index in [-0.39, 0.29) is 23.6 Å². The molecule has 3 N–H and O–H groups in total. The summed E-state index contributed by atoms with van der Waals surface area (Å²) >= 11 is 0. The SMILES string of the molecule is Cc1c(-c2ccc3cnc(Nc4ccc(CN5CCN(c6ncc(C(=O)N7CCN(c8ccc(C9CCC(=O)NC9=O)cc8)CC7)cn6)CC5)cc4)nc3c2)cnc2c1NCCO2. The molecule has 0 aliphatic carbocycles. The van der Waals surface area contributed by atoms with Crippen molar-refractivity contribution in [2.24, 2.45) is 0 Å². The number of nitrogens with zero attached hydrogens (tertiary/aromatic N) is 9. The Balaban J connectivity index is 0.684. The van der Waals surface area contributed by atoms with Gasteiger partial charge in [0.1, 0.15) is 12.3 Å². The number of hydrogen-bond donors (Lipinski definition) is 3. The fourth-order valence-corrected chi connectivity index (χ4v) is 8.82. The first-order chi connectivity index (χ1) is 30.8. The van der Waals surface area contributed by atoms with Crippen LogP contribution in [0, 0.1) is 6.92 Å². The van der Waals surface area contributed by atoms with Crippen LogP contribution in [0.4, 0.5) is 29.0 Å². The van der Waals surface area contributed by atoms with Crippen LogP contribution in [-0.2, 0) is 16.1 Å². The van der Waals surface area contributed by atoms with Crippen molar-refractivity contribution in [3.8, 4) is 17.0 Å². The van der Waals surface area contributed by atoms with Crippen molar-refractivity contribution in [3.63, 3.8) is 0 Å². The number of anilines is 5. The van der Waals surface area contributed by atoms with Crippen molar-refractivity contribution < 1.29 is 19.1 Å². The molecule has 3 amide bonds. The van der Waals surface area contributed by atoms with E-state index in [1.54, 1.807) is 12.4 Å². The van der Waals surface area contributed by atoms with Gasteiger partial charge >= 0.3 is 0 Å². The molecule has 3 saturated heterocycles. The number of carbonyl (C=O) groups excluding carboxylic acids is 3. The molecule has 16 nitrogen and oxygen atoms in total. The topological polar surface area (TPSA) is 174 Å². The maximum Gasteiger partial charge on any atom is 0.257 e. The van der Waals surface area contributed by atoms with Crippen LogP contribution in [0.1, 0.15) is 45.8 Å². The van der Waals surface area contributed by atoms with Crippen LogP contribution in [0.5, 0.6) is 5.88 Å². The highest BCUT2D eigenvalue weighted by Crippen LogP contribution is 2.36. The van der Waals surface area contributed by atoms with E-state index in [0.29, 0.717) is 69.0 Å². The summed E-state index contributed by atoms with van der Waals surface area (Å²) in [4.78, 5) is 69.1. The van der Waals surface area contributed by atoms with Crippen molar-refractivity contribution in [3.05, 3.63) is 114 Å². The van der Waals surface area contributed by atoms with E-state index in [9.17, 15) is 14.4 Å². The molecule has 0 bridgehead atoms. The molecule has 1 unspecified atom stereocenters. The fraction of sp³-hybridized carbons (Fsp3) is 0.319. The molecule has 0 saturated carbocycles. The van der Waals surface area contributed by atoms with E-state index in [2.05, 4.69) is 93.9 Å². The highest BCUT2D eigenvalue weighted by atomic mass is 16.5. The van der Waals surface area contributed by atoms with Crippen LogP contribution in [-0.4, -0.2) is 118 Å². The number of benzene rings is 3. The van der Waals surface area contributed by atoms with Crippen molar-refractivity contribution in [2.75, 3.05) is 85.9 Å². The predicted octanol–water partition coefficient (Wildman–Crippen LogP) is 5.14. The Hall–Kier alpha value is -7.20. The van der Waals surface area contributed by atoms with E-state index in [4.69, 9.17) is 9.72 Å². The molecule has 3 fully saturated rings. The average molecular weight is 845 g/mol. The number of piperazine rings is 2. The molecular formula is C47H48N12O4. The number of amides is 3. The standard InChI is InChI=1S/C47H48N12O4/c1-30-39(28-49-44-42(30)48-14-23-63-44)33-4-5-34-25-50-46(54-40(34)24-33)53-36-8-2-31(3-9-36)29-56-15-17-59(18-16-56)47-51-26-35(27-52-47)45(62)58-21-19-57(20-22-58)37-10-6-32(7-11-37)38-12-13-41(60)55-43(38)61/h2-11,24-28,38,48H,12-23,29H2,1H3,(H,50,53,54)(H,55,60,61). The summed E-state index contributed by atoms with van der Waals surface area (Å²) in [5.41, 5.74) is 9.53. The first-order valence-electron chi connectivity index (χ1n) is 21.6. The summed E-state index contributed by atoms with van der Waals surface area (Å²) < 4.78 is 5.72. The minimum absolute atomic E-state index is 0.0668. The lowest BCUT2D eigenvalue weighted by Crippen LogP contribution is -2.49. The maximum absolute atomic E-state index is 13.4. The second-order valence-electron chi connectivity index (χ2n) is 16.5. The lowest BCUT2D eigenvalue weighted by Gasteiger charge is -2.36. The van der Waals surface area contributed by atoms with E-state index in [1.165, 1.54) is 5.56 Å². The van der Waals surface area contributed by atoms with Gasteiger partial charge in [0.2, 0.25) is 29.6 Å². The molecule has 6 aromatic rings. The normalized spacial score (nSPS) is 18.0. The van der Waals surface area contributed by atoms with Crippen LogP contribution in [0.2, 0.25) is 0 Å². The Labute approximate surface area is 364 Å². The second kappa shape index (κ2) is 17.3. The van der Waals surface area contributed by atoms with Gasteiger partial charge in [0.05, 0.1) is 17.0 Å². The Morgan fingerprint density at radius 1 is 0.825 bits per heavy atom. The second-order valence-corrected chi connectivity index (χ2v) is 16.5. The summed E-state index contributed by atoms with van der Waals surface area (Å²) in [5, 5.41) is 10.2. The fourth-order valence-electron chi connectivity index (χ4n) is 8.82. The molecule has 1 atom stereocenters. The minimum atomic E-state index is -0.302. The summed E-state index contributed by atoms with van der Waals surface area (Å²) in [5.74, 6) is 1.00. The minimum Gasteiger partial charge on any atom is -0.474 e. The molecule has 4 aliphatic rings. The van der Waals surface area contributed by atoms with Crippen LogP contribution in [0.25, 0.3) is 22.0 Å². The van der Waals surface area contributed by atoms with E-state index in [0.717, 1.165) is 89.5 Å². The highest BCUT2D eigenvalue weighted by Gasteiger charge is 2.29. The summed E-state index contributed by atoms with van der Waals surface area (Å²) in [6, 6.07) is 22.6. The first-order valence-corrected chi connectivity index (χ1v) is 21.6. The van der Waals surface area contributed by atoms with Gasteiger partial charge in [-0.05, 0) is 65.9 Å². The molecule has 16 heteroatoms. The summed E-state index contributed by atoms with van der Waals surface area (Å²) in [6.45, 7) is 10.2. The Bertz CT molecular complexity index is 2660. The third-order valence-corrected chi connectivity index (χ3v) is 12.5. The van der Waals surface area contributed by atoms with Gasteiger partial charge in [0, 0.05) is 119 Å². The van der Waals surface area contributed by atoms with E-state index < -0.39 is 0 Å². The quantitative estimate of drug-likeness (QED) is 0.163. The molecule has 320 valence electrons. The van der Waals surface area contributed by atoms with Gasteiger partial charge in [0.15, 0.2) is 0 Å².